The van der Waals surface area contributed by atoms with Gasteiger partial charge in [0, 0.05) is 19.1 Å². The van der Waals surface area contributed by atoms with Gasteiger partial charge in [-0.25, -0.2) is 19.3 Å². The Morgan fingerprint density at radius 3 is 2.56 bits per heavy atom. The Kier molecular flexibility index (Phi) is 6.06. The molecule has 5 rings (SSSR count). The van der Waals surface area contributed by atoms with Crippen LogP contribution in [0, 0.1) is 17.7 Å². The molecule has 0 unspecified atom stereocenters. The molecule has 3 aromatic rings. The van der Waals surface area contributed by atoms with E-state index in [0.29, 0.717) is 23.1 Å². The second-order valence-electron chi connectivity index (χ2n) is 9.30. The van der Waals surface area contributed by atoms with Gasteiger partial charge in [0.15, 0.2) is 5.65 Å². The second kappa shape index (κ2) is 9.11. The highest BCUT2D eigenvalue weighted by molar-refractivity contribution is 5.75. The fourth-order valence-electron chi connectivity index (χ4n) is 5.20. The van der Waals surface area contributed by atoms with Crippen LogP contribution in [-0.4, -0.2) is 42.4 Å². The Morgan fingerprint density at radius 2 is 1.81 bits per heavy atom. The fraction of sp³-hybridized carbons (Fsp3) is 0.542. The smallest absolute Gasteiger partial charge is 0.210 e. The van der Waals surface area contributed by atoms with E-state index in [4.69, 9.17) is 9.97 Å². The number of hydrogen-bond donors (Lipinski definition) is 3. The first-order chi connectivity index (χ1) is 15.6. The van der Waals surface area contributed by atoms with Crippen molar-refractivity contribution in [1.82, 2.24) is 19.5 Å². The molecule has 32 heavy (non-hydrogen) atoms. The maximum atomic E-state index is 14.3. The molecule has 2 fully saturated rings. The van der Waals surface area contributed by atoms with Crippen molar-refractivity contribution >= 4 is 22.8 Å². The molecular weight excluding hydrogens is 409 g/mol. The Morgan fingerprint density at radius 1 is 1.03 bits per heavy atom. The third kappa shape index (κ3) is 4.34. The van der Waals surface area contributed by atoms with Crippen LogP contribution in [0.3, 0.4) is 0 Å². The van der Waals surface area contributed by atoms with Crippen molar-refractivity contribution < 1.29 is 14.6 Å². The molecule has 170 valence electrons. The quantitative estimate of drug-likeness (QED) is 0.534. The summed E-state index contributed by atoms with van der Waals surface area (Å²) in [5.41, 5.74) is 1.81. The molecule has 2 aromatic heterocycles. The van der Waals surface area contributed by atoms with E-state index >= 15 is 0 Å². The van der Waals surface area contributed by atoms with E-state index in [1.807, 2.05) is 0 Å². The maximum Gasteiger partial charge on any atom is 0.210 e. The van der Waals surface area contributed by atoms with Crippen LogP contribution in [0.4, 0.5) is 16.0 Å². The van der Waals surface area contributed by atoms with Gasteiger partial charge in [0.1, 0.15) is 17.2 Å². The zero-order valence-corrected chi connectivity index (χ0v) is 18.1. The number of hydrogen-bond acceptors (Lipinski definition) is 6. The zero-order valence-electron chi connectivity index (χ0n) is 18.1. The third-order valence-electron chi connectivity index (χ3n) is 7.03. The van der Waals surface area contributed by atoms with Gasteiger partial charge in [0.25, 0.3) is 0 Å². The minimum atomic E-state index is -0.336. The summed E-state index contributed by atoms with van der Waals surface area (Å²) in [5.74, 6) is 1.74. The van der Waals surface area contributed by atoms with Crippen molar-refractivity contribution in [2.24, 2.45) is 11.8 Å². The maximum absolute atomic E-state index is 14.3. The van der Waals surface area contributed by atoms with Crippen LogP contribution < -0.4 is 5.32 Å². The standard InChI is InChI=1S/C24H30FN5O2/c25-19-3-1-2-4-20(19)27-24-28-21-13-26-22(12-15-6-9-18(32)10-7-15)29-23(21)30(24)17-8-5-16(11-17)14-31/h1-4,13,15-18,31-32H,5-12,14H2,(H,27,28)/t15?,16-,17+,18?/m1/s1. The molecule has 0 saturated heterocycles. The van der Waals surface area contributed by atoms with Crippen LogP contribution in [0.25, 0.3) is 11.2 Å². The highest BCUT2D eigenvalue weighted by Gasteiger charge is 2.30. The topological polar surface area (TPSA) is 96.1 Å². The van der Waals surface area contributed by atoms with Crippen LogP contribution in [0.15, 0.2) is 30.5 Å². The molecule has 2 atom stereocenters. The number of aliphatic hydroxyl groups is 2. The summed E-state index contributed by atoms with van der Waals surface area (Å²) in [7, 11) is 0. The van der Waals surface area contributed by atoms with Gasteiger partial charge in [-0.3, -0.25) is 4.57 Å². The van der Waals surface area contributed by atoms with Gasteiger partial charge >= 0.3 is 0 Å². The summed E-state index contributed by atoms with van der Waals surface area (Å²) in [6.45, 7) is 0.174. The average Bonchev–Trinajstić information content (AvgIpc) is 3.40. The average molecular weight is 440 g/mol. The number of imidazole rings is 1. The van der Waals surface area contributed by atoms with Gasteiger partial charge < -0.3 is 15.5 Å². The Labute approximate surface area is 186 Å². The molecule has 0 bridgehead atoms. The molecule has 1 aromatic carbocycles. The first-order valence-corrected chi connectivity index (χ1v) is 11.6. The van der Waals surface area contributed by atoms with Crippen LogP contribution in [0.1, 0.15) is 56.8 Å². The van der Waals surface area contributed by atoms with Crippen molar-refractivity contribution in [2.45, 2.75) is 63.5 Å². The van der Waals surface area contributed by atoms with E-state index in [0.717, 1.165) is 62.8 Å². The van der Waals surface area contributed by atoms with E-state index < -0.39 is 0 Å². The number of aliphatic hydroxyl groups excluding tert-OH is 2. The molecule has 0 radical (unpaired) electrons. The number of halogens is 1. The molecule has 2 aliphatic rings. The number of nitrogens with zero attached hydrogens (tertiary/aromatic N) is 4. The predicted molar refractivity (Wildman–Crippen MR) is 120 cm³/mol. The van der Waals surface area contributed by atoms with Crippen molar-refractivity contribution in [1.29, 1.82) is 0 Å². The number of nitrogens with one attached hydrogen (secondary N) is 1. The lowest BCUT2D eigenvalue weighted by Gasteiger charge is -2.24. The summed E-state index contributed by atoms with van der Waals surface area (Å²) < 4.78 is 16.4. The minimum absolute atomic E-state index is 0.138. The number of fused-ring (bicyclic) bond motifs is 1. The summed E-state index contributed by atoms with van der Waals surface area (Å²) in [5, 5.41) is 22.6. The molecule has 2 aliphatic carbocycles. The molecule has 0 aliphatic heterocycles. The SMILES string of the molecule is OC[C@@H]1CC[C@H](n2c(Nc3ccccc3F)nc3cnc(CC4CCC(O)CC4)nc32)C1. The van der Waals surface area contributed by atoms with Crippen molar-refractivity contribution in [2.75, 3.05) is 11.9 Å². The summed E-state index contributed by atoms with van der Waals surface area (Å²) >= 11 is 0. The largest absolute Gasteiger partial charge is 0.396 e. The number of benzene rings is 1. The molecule has 2 saturated carbocycles. The van der Waals surface area contributed by atoms with Crippen molar-refractivity contribution in [3.63, 3.8) is 0 Å². The lowest BCUT2D eigenvalue weighted by Crippen LogP contribution is -2.20. The lowest BCUT2D eigenvalue weighted by atomic mass is 9.85. The van der Waals surface area contributed by atoms with Crippen LogP contribution in [0.5, 0.6) is 0 Å². The monoisotopic (exact) mass is 439 g/mol. The Balaban J connectivity index is 1.49. The summed E-state index contributed by atoms with van der Waals surface area (Å²) in [6, 6.07) is 6.70. The summed E-state index contributed by atoms with van der Waals surface area (Å²) in [6.07, 6.45) is 8.73. The Bertz CT molecular complexity index is 1080. The molecular formula is C24H30FN5O2. The van der Waals surface area contributed by atoms with E-state index in [9.17, 15) is 14.6 Å². The molecule has 2 heterocycles. The van der Waals surface area contributed by atoms with Gasteiger partial charge in [0.05, 0.1) is 18.0 Å². The highest BCUT2D eigenvalue weighted by Crippen LogP contribution is 2.39. The third-order valence-corrected chi connectivity index (χ3v) is 7.03. The predicted octanol–water partition coefficient (Wildman–Crippen LogP) is 4.14. The van der Waals surface area contributed by atoms with Crippen LogP contribution in [-0.2, 0) is 6.42 Å². The minimum Gasteiger partial charge on any atom is -0.396 e. The Hall–Kier alpha value is -2.58. The first kappa shape index (κ1) is 21.3. The molecule has 7 nitrogen and oxygen atoms in total. The van der Waals surface area contributed by atoms with Gasteiger partial charge in [0.2, 0.25) is 5.95 Å². The molecule has 3 N–H and O–H groups in total. The van der Waals surface area contributed by atoms with E-state index in [-0.39, 0.29) is 30.5 Å². The molecule has 0 spiro atoms. The van der Waals surface area contributed by atoms with Crippen LogP contribution in [0.2, 0.25) is 0 Å². The van der Waals surface area contributed by atoms with Gasteiger partial charge in [-0.15, -0.1) is 0 Å². The van der Waals surface area contributed by atoms with E-state index in [1.54, 1.807) is 24.4 Å². The van der Waals surface area contributed by atoms with Crippen LogP contribution >= 0.6 is 0 Å². The van der Waals surface area contributed by atoms with Gasteiger partial charge in [-0.2, -0.15) is 0 Å². The fourth-order valence-corrected chi connectivity index (χ4v) is 5.20. The number of anilines is 2. The normalized spacial score (nSPS) is 26.0. The van der Waals surface area contributed by atoms with Gasteiger partial charge in [-0.05, 0) is 68.9 Å². The first-order valence-electron chi connectivity index (χ1n) is 11.6. The highest BCUT2D eigenvalue weighted by atomic mass is 19.1. The lowest BCUT2D eigenvalue weighted by molar-refractivity contribution is 0.108. The van der Waals surface area contributed by atoms with Gasteiger partial charge in [-0.1, -0.05) is 12.1 Å². The zero-order chi connectivity index (χ0) is 22.1. The number of aromatic nitrogens is 4. The number of rotatable bonds is 6. The van der Waals surface area contributed by atoms with Crippen molar-refractivity contribution in [3.8, 4) is 0 Å². The number of para-hydroxylation sites is 1. The van der Waals surface area contributed by atoms with E-state index in [1.165, 1.54) is 6.07 Å². The second-order valence-corrected chi connectivity index (χ2v) is 9.30. The molecule has 0 amide bonds. The molecule has 8 heteroatoms. The van der Waals surface area contributed by atoms with Crippen molar-refractivity contribution in [3.05, 3.63) is 42.1 Å². The van der Waals surface area contributed by atoms with E-state index in [2.05, 4.69) is 14.9 Å². The summed E-state index contributed by atoms with van der Waals surface area (Å²) in [4.78, 5) is 14.2.